The molecule has 1 heterocycles. The Labute approximate surface area is 174 Å². The normalized spacial score (nSPS) is 30.1. The molecule has 0 aromatic heterocycles. The van der Waals surface area contributed by atoms with Gasteiger partial charge in [-0.25, -0.2) is 22.9 Å². The van der Waals surface area contributed by atoms with E-state index in [0.717, 1.165) is 30.7 Å². The van der Waals surface area contributed by atoms with Gasteiger partial charge in [0.15, 0.2) is 6.23 Å². The van der Waals surface area contributed by atoms with Crippen molar-refractivity contribution in [1.29, 1.82) is 0 Å². The SMILES string of the molecule is C#CCN1C(=O)N(NC(=O)C23CC2C3)C(O)c2cc(S(=O)(=O)NC3(C)CC3)ccc21. The van der Waals surface area contributed by atoms with Crippen LogP contribution in [-0.4, -0.2) is 42.6 Å². The standard InChI is InChI=1S/C20H22N4O5S/c1-3-8-23-15-5-4-13(30(28,29)22-19(2)6-7-19)9-14(15)16(25)24(18(23)27)21-17(26)20-10-12(20)11-20/h1,4-5,9,12,16,22,25H,6-8,10-11H2,2H3,(H,21,26). The van der Waals surface area contributed by atoms with E-state index in [1.165, 1.54) is 23.1 Å². The Balaban J connectivity index is 1.49. The molecule has 3 fully saturated rings. The molecule has 0 radical (unpaired) electrons. The second-order valence-electron chi connectivity index (χ2n) is 8.91. The summed E-state index contributed by atoms with van der Waals surface area (Å²) >= 11 is 0. The summed E-state index contributed by atoms with van der Waals surface area (Å²) in [5.41, 5.74) is 2.13. The van der Waals surface area contributed by atoms with Gasteiger partial charge >= 0.3 is 6.03 Å². The number of fused-ring (bicyclic) bond motifs is 2. The van der Waals surface area contributed by atoms with Gasteiger partial charge in [-0.05, 0) is 56.7 Å². The average Bonchev–Trinajstić information content (AvgIpc) is 3.58. The van der Waals surface area contributed by atoms with Crippen molar-refractivity contribution < 1.29 is 23.1 Å². The predicted molar refractivity (Wildman–Crippen MR) is 106 cm³/mol. The number of amides is 3. The number of anilines is 1. The third-order valence-corrected chi connectivity index (χ3v) is 8.18. The average molecular weight is 430 g/mol. The molecule has 5 rings (SSSR count). The van der Waals surface area contributed by atoms with E-state index in [1.807, 2.05) is 6.92 Å². The smallest absolute Gasteiger partial charge is 0.346 e. The molecule has 30 heavy (non-hydrogen) atoms. The van der Waals surface area contributed by atoms with E-state index >= 15 is 0 Å². The highest BCUT2D eigenvalue weighted by molar-refractivity contribution is 7.89. The minimum absolute atomic E-state index is 0.0299. The molecule has 4 aliphatic rings. The molecule has 0 spiro atoms. The lowest BCUT2D eigenvalue weighted by Gasteiger charge is -2.39. The first-order chi connectivity index (χ1) is 14.1. The summed E-state index contributed by atoms with van der Waals surface area (Å²) in [5.74, 6) is 2.43. The predicted octanol–water partition coefficient (Wildman–Crippen LogP) is 0.825. The van der Waals surface area contributed by atoms with E-state index in [0.29, 0.717) is 11.6 Å². The fourth-order valence-electron chi connectivity index (χ4n) is 3.95. The molecule has 1 aromatic rings. The van der Waals surface area contributed by atoms with Crippen molar-refractivity contribution in [2.75, 3.05) is 11.4 Å². The Hall–Kier alpha value is -2.61. The number of hydrazine groups is 1. The fraction of sp³-hybridized carbons (Fsp3) is 0.500. The molecular weight excluding hydrogens is 408 g/mol. The van der Waals surface area contributed by atoms with Crippen LogP contribution in [0.1, 0.15) is 44.4 Å². The number of terminal acetylenes is 1. The van der Waals surface area contributed by atoms with Gasteiger partial charge in [-0.3, -0.25) is 15.1 Å². The van der Waals surface area contributed by atoms with Gasteiger partial charge in [-0.15, -0.1) is 6.42 Å². The number of nitrogens with one attached hydrogen (secondary N) is 2. The maximum Gasteiger partial charge on any atom is 0.346 e. The molecule has 158 valence electrons. The minimum Gasteiger partial charge on any atom is -0.368 e. The Morgan fingerprint density at radius 3 is 2.60 bits per heavy atom. The van der Waals surface area contributed by atoms with Gasteiger partial charge in [0, 0.05) is 11.1 Å². The number of benzene rings is 1. The number of carbonyl (C=O) groups is 2. The lowest BCUT2D eigenvalue weighted by atomic mass is 10.1. The Kier molecular flexibility index (Phi) is 3.85. The van der Waals surface area contributed by atoms with Crippen LogP contribution in [0.3, 0.4) is 0 Å². The van der Waals surface area contributed by atoms with Gasteiger partial charge in [-0.1, -0.05) is 5.92 Å². The van der Waals surface area contributed by atoms with Crippen molar-refractivity contribution in [3.63, 3.8) is 0 Å². The van der Waals surface area contributed by atoms with E-state index < -0.39 is 33.2 Å². The van der Waals surface area contributed by atoms with Crippen molar-refractivity contribution in [3.05, 3.63) is 23.8 Å². The summed E-state index contributed by atoms with van der Waals surface area (Å²) in [7, 11) is -3.81. The number of aliphatic hydroxyl groups is 1. The number of hydrogen-bond acceptors (Lipinski definition) is 5. The molecule has 0 bridgehead atoms. The Bertz CT molecular complexity index is 1110. The largest absolute Gasteiger partial charge is 0.368 e. The zero-order valence-corrected chi connectivity index (χ0v) is 17.2. The number of rotatable bonds is 6. The zero-order chi connectivity index (χ0) is 21.5. The molecule has 0 saturated heterocycles. The summed E-state index contributed by atoms with van der Waals surface area (Å²) in [6, 6.07) is 3.48. The molecular formula is C20H22N4O5S. The topological polar surface area (TPSA) is 119 Å². The van der Waals surface area contributed by atoms with E-state index in [1.54, 1.807) is 0 Å². The van der Waals surface area contributed by atoms with Crippen molar-refractivity contribution in [2.24, 2.45) is 11.3 Å². The third-order valence-electron chi connectivity index (χ3n) is 6.55. The van der Waals surface area contributed by atoms with Crippen molar-refractivity contribution in [1.82, 2.24) is 15.2 Å². The molecule has 9 nitrogen and oxygen atoms in total. The molecule has 1 unspecified atom stereocenters. The van der Waals surface area contributed by atoms with Gasteiger partial charge in [0.05, 0.1) is 22.5 Å². The van der Waals surface area contributed by atoms with Gasteiger partial charge in [-0.2, -0.15) is 0 Å². The Morgan fingerprint density at radius 2 is 2.03 bits per heavy atom. The second-order valence-corrected chi connectivity index (χ2v) is 10.6. The zero-order valence-electron chi connectivity index (χ0n) is 16.4. The molecule has 1 aliphatic heterocycles. The van der Waals surface area contributed by atoms with E-state index in [-0.39, 0.29) is 22.9 Å². The number of carbonyl (C=O) groups excluding carboxylic acids is 2. The van der Waals surface area contributed by atoms with Gasteiger partial charge in [0.25, 0.3) is 0 Å². The molecule has 3 aliphatic carbocycles. The molecule has 10 heteroatoms. The maximum absolute atomic E-state index is 12.9. The summed E-state index contributed by atoms with van der Waals surface area (Å²) in [4.78, 5) is 26.6. The van der Waals surface area contributed by atoms with Gasteiger partial charge in [0.2, 0.25) is 15.9 Å². The van der Waals surface area contributed by atoms with Crippen LogP contribution in [0.5, 0.6) is 0 Å². The summed E-state index contributed by atoms with van der Waals surface area (Å²) in [5, 5.41) is 11.7. The third kappa shape index (κ3) is 2.88. The molecule has 1 aromatic carbocycles. The second kappa shape index (κ2) is 5.97. The number of nitrogens with zero attached hydrogens (tertiary/aromatic N) is 2. The fourth-order valence-corrected chi connectivity index (χ4v) is 5.45. The van der Waals surface area contributed by atoms with Crippen LogP contribution < -0.4 is 15.0 Å². The number of hydrogen-bond donors (Lipinski definition) is 3. The summed E-state index contributed by atoms with van der Waals surface area (Å²) in [6.45, 7) is 1.73. The minimum atomic E-state index is -3.81. The molecule has 1 atom stereocenters. The van der Waals surface area contributed by atoms with Crippen molar-refractivity contribution >= 4 is 27.6 Å². The maximum atomic E-state index is 12.9. The molecule has 3 amide bonds. The highest BCUT2D eigenvalue weighted by Gasteiger charge is 2.75. The van der Waals surface area contributed by atoms with Crippen LogP contribution in [0.25, 0.3) is 0 Å². The quantitative estimate of drug-likeness (QED) is 0.578. The van der Waals surface area contributed by atoms with E-state index in [9.17, 15) is 23.1 Å². The molecule has 3 saturated carbocycles. The first-order valence-corrected chi connectivity index (χ1v) is 11.3. The summed E-state index contributed by atoms with van der Waals surface area (Å²) in [6.07, 6.45) is 6.95. The number of aliphatic hydroxyl groups excluding tert-OH is 1. The first-order valence-electron chi connectivity index (χ1n) is 9.82. The number of urea groups is 1. The van der Waals surface area contributed by atoms with Crippen LogP contribution in [0.2, 0.25) is 0 Å². The van der Waals surface area contributed by atoms with Crippen LogP contribution in [0, 0.1) is 23.7 Å². The van der Waals surface area contributed by atoms with Crippen molar-refractivity contribution in [3.8, 4) is 12.3 Å². The van der Waals surface area contributed by atoms with Gasteiger partial charge in [0.1, 0.15) is 0 Å². The van der Waals surface area contributed by atoms with Crippen LogP contribution >= 0.6 is 0 Å². The van der Waals surface area contributed by atoms with E-state index in [2.05, 4.69) is 16.1 Å². The van der Waals surface area contributed by atoms with Crippen LogP contribution in [-0.2, 0) is 14.8 Å². The monoisotopic (exact) mass is 430 g/mol. The highest BCUT2D eigenvalue weighted by atomic mass is 32.2. The lowest BCUT2D eigenvalue weighted by Crippen LogP contribution is -2.57. The van der Waals surface area contributed by atoms with Gasteiger partial charge < -0.3 is 5.11 Å². The van der Waals surface area contributed by atoms with Crippen molar-refractivity contribution in [2.45, 2.75) is 49.3 Å². The lowest BCUT2D eigenvalue weighted by molar-refractivity contribution is -0.132. The number of sulfonamides is 1. The van der Waals surface area contributed by atoms with E-state index in [4.69, 9.17) is 6.42 Å². The van der Waals surface area contributed by atoms with Crippen LogP contribution in [0.15, 0.2) is 23.1 Å². The highest BCUT2D eigenvalue weighted by Crippen LogP contribution is 2.75. The first kappa shape index (κ1) is 19.4. The summed E-state index contributed by atoms with van der Waals surface area (Å²) < 4.78 is 28.2. The molecule has 3 N–H and O–H groups in total. The Morgan fingerprint density at radius 1 is 1.37 bits per heavy atom. The van der Waals surface area contributed by atoms with Crippen LogP contribution in [0.4, 0.5) is 10.5 Å².